The van der Waals surface area contributed by atoms with Crippen molar-refractivity contribution < 1.29 is 49.2 Å². The number of thiol groups is 1. The third-order valence-electron chi connectivity index (χ3n) is 10.3. The summed E-state index contributed by atoms with van der Waals surface area (Å²) in [5.41, 5.74) is 8.40. The minimum absolute atomic E-state index is 0.00454. The molecule has 0 bridgehead atoms. The van der Waals surface area contributed by atoms with E-state index in [0.717, 1.165) is 0 Å². The lowest BCUT2D eigenvalue weighted by Crippen LogP contribution is -2.60. The smallest absolute Gasteiger partial charge is 0.326 e. The van der Waals surface area contributed by atoms with Crippen LogP contribution in [0.15, 0.2) is 103 Å². The van der Waals surface area contributed by atoms with Gasteiger partial charge < -0.3 is 52.7 Å². The molecule has 0 unspecified atom stereocenters. The minimum Gasteiger partial charge on any atom is -0.508 e. The lowest BCUT2D eigenvalue weighted by Gasteiger charge is -2.27. The molecule has 17 heteroatoms. The molecule has 4 aromatic rings. The maximum Gasteiger partial charge on any atom is 0.326 e. The summed E-state index contributed by atoms with van der Waals surface area (Å²) >= 11 is 4.31. The molecule has 0 radical (unpaired) electrons. The Morgan fingerprint density at radius 1 is 0.500 bits per heavy atom. The van der Waals surface area contributed by atoms with E-state index in [4.69, 9.17) is 5.73 Å². The number of nitrogens with two attached hydrogens (primary N) is 1. The molecule has 62 heavy (non-hydrogen) atoms. The number of phenolic OH excluding ortho intramolecular Hbond substituents is 3. The van der Waals surface area contributed by atoms with Crippen molar-refractivity contribution in [2.24, 2.45) is 11.7 Å². The molecule has 11 N–H and O–H groups in total. The Labute approximate surface area is 365 Å². The number of aliphatic carboxylic acids is 1. The van der Waals surface area contributed by atoms with Gasteiger partial charge >= 0.3 is 5.97 Å². The van der Waals surface area contributed by atoms with Crippen LogP contribution in [0.25, 0.3) is 0 Å². The van der Waals surface area contributed by atoms with Crippen LogP contribution in [0.4, 0.5) is 0 Å². The van der Waals surface area contributed by atoms with E-state index in [0.29, 0.717) is 28.7 Å². The number of nitrogens with one attached hydrogen (secondary N) is 5. The molecule has 5 amide bonds. The maximum atomic E-state index is 14.3. The Kier molecular flexibility index (Phi) is 18.2. The van der Waals surface area contributed by atoms with Crippen LogP contribution in [-0.4, -0.2) is 97.9 Å². The van der Waals surface area contributed by atoms with Crippen molar-refractivity contribution in [2.45, 2.75) is 82.2 Å². The van der Waals surface area contributed by atoms with Gasteiger partial charge in [0.05, 0.1) is 6.04 Å². The SMILES string of the molecule is CC[C@H](C)[C@H](N)C(=O)N[C@@H](Cc1ccc(O)cc1)C(=O)N[C@@H](CS)C(=O)N[C@@H](Cc1ccc(O)cc1)C(=O)N[C@@H](Cc1ccc(O)cc1)C(=O)N[C@@H](Cc1ccccc1)C(=O)O. The van der Waals surface area contributed by atoms with Gasteiger partial charge in [0.1, 0.15) is 47.5 Å². The molecule has 0 saturated carbocycles. The molecule has 16 nitrogen and oxygen atoms in total. The van der Waals surface area contributed by atoms with Crippen molar-refractivity contribution >= 4 is 48.1 Å². The zero-order chi connectivity index (χ0) is 45.3. The van der Waals surface area contributed by atoms with Crippen LogP contribution in [0.1, 0.15) is 42.5 Å². The number of carboxylic acid groups (broad SMARTS) is 1. The summed E-state index contributed by atoms with van der Waals surface area (Å²) in [5, 5.41) is 52.7. The molecular weight excluding hydrogens is 817 g/mol. The number of phenols is 3. The normalized spacial score (nSPS) is 14.4. The molecule has 4 aromatic carbocycles. The molecule has 0 spiro atoms. The highest BCUT2D eigenvalue weighted by Crippen LogP contribution is 2.16. The summed E-state index contributed by atoms with van der Waals surface area (Å²) in [6.07, 6.45) is 0.222. The van der Waals surface area contributed by atoms with E-state index in [-0.39, 0.29) is 54.6 Å². The van der Waals surface area contributed by atoms with E-state index >= 15 is 0 Å². The topological polar surface area (TPSA) is 270 Å². The van der Waals surface area contributed by atoms with Crippen LogP contribution in [0.3, 0.4) is 0 Å². The van der Waals surface area contributed by atoms with Crippen molar-refractivity contribution in [1.29, 1.82) is 0 Å². The monoisotopic (exact) mass is 870 g/mol. The third-order valence-corrected chi connectivity index (χ3v) is 10.7. The molecule has 330 valence electrons. The van der Waals surface area contributed by atoms with Gasteiger partial charge in [-0.05, 0) is 64.6 Å². The molecule has 0 saturated heterocycles. The van der Waals surface area contributed by atoms with E-state index in [1.54, 1.807) is 49.4 Å². The lowest BCUT2D eigenvalue weighted by atomic mass is 9.98. The Morgan fingerprint density at radius 3 is 1.16 bits per heavy atom. The first-order valence-corrected chi connectivity index (χ1v) is 20.7. The molecule has 0 fully saturated rings. The molecule has 0 heterocycles. The van der Waals surface area contributed by atoms with E-state index in [1.807, 2.05) is 6.92 Å². The van der Waals surface area contributed by atoms with Crippen molar-refractivity contribution in [3.8, 4) is 17.2 Å². The fourth-order valence-corrected chi connectivity index (χ4v) is 6.60. The van der Waals surface area contributed by atoms with Gasteiger partial charge in [-0.1, -0.05) is 87.0 Å². The highest BCUT2D eigenvalue weighted by molar-refractivity contribution is 7.80. The second-order valence-corrected chi connectivity index (χ2v) is 15.4. The summed E-state index contributed by atoms with van der Waals surface area (Å²) in [5.74, 6) is -5.73. The second kappa shape index (κ2) is 23.4. The Balaban J connectivity index is 1.60. The number of amides is 5. The van der Waals surface area contributed by atoms with Crippen LogP contribution < -0.4 is 32.3 Å². The van der Waals surface area contributed by atoms with E-state index in [9.17, 15) is 49.2 Å². The average molecular weight is 871 g/mol. The van der Waals surface area contributed by atoms with Crippen LogP contribution >= 0.6 is 12.6 Å². The fraction of sp³-hybridized carbons (Fsp3) is 0.333. The maximum absolute atomic E-state index is 14.3. The number of hydrogen-bond donors (Lipinski definition) is 11. The van der Waals surface area contributed by atoms with Crippen LogP contribution in [0, 0.1) is 5.92 Å². The average Bonchev–Trinajstić information content (AvgIpc) is 3.26. The van der Waals surface area contributed by atoms with Gasteiger partial charge in [0.25, 0.3) is 0 Å². The van der Waals surface area contributed by atoms with E-state index in [1.165, 1.54) is 60.7 Å². The number of carbonyl (C=O) groups excluding carboxylic acids is 5. The summed E-state index contributed by atoms with van der Waals surface area (Å²) in [7, 11) is 0. The van der Waals surface area contributed by atoms with Crippen molar-refractivity contribution in [3.05, 3.63) is 125 Å². The first-order chi connectivity index (χ1) is 29.6. The van der Waals surface area contributed by atoms with Gasteiger partial charge in [-0.2, -0.15) is 12.6 Å². The number of carboxylic acids is 1. The number of rotatable bonds is 22. The quantitative estimate of drug-likeness (QED) is 0.0508. The first-order valence-electron chi connectivity index (χ1n) is 20.1. The van der Waals surface area contributed by atoms with Gasteiger partial charge in [0.2, 0.25) is 29.5 Å². The minimum atomic E-state index is -1.40. The Morgan fingerprint density at radius 2 is 0.806 bits per heavy atom. The molecule has 0 aliphatic carbocycles. The van der Waals surface area contributed by atoms with Gasteiger partial charge in [-0.25, -0.2) is 4.79 Å². The Hall–Kier alpha value is -6.59. The van der Waals surface area contributed by atoms with Crippen LogP contribution in [0.5, 0.6) is 17.2 Å². The van der Waals surface area contributed by atoms with Crippen molar-refractivity contribution in [1.82, 2.24) is 26.6 Å². The highest BCUT2D eigenvalue weighted by atomic mass is 32.1. The Bertz CT molecular complexity index is 2120. The summed E-state index contributed by atoms with van der Waals surface area (Å²) in [6, 6.07) is 18.7. The summed E-state index contributed by atoms with van der Waals surface area (Å²) < 4.78 is 0. The number of carbonyl (C=O) groups is 6. The molecule has 0 aliphatic heterocycles. The highest BCUT2D eigenvalue weighted by Gasteiger charge is 2.33. The van der Waals surface area contributed by atoms with E-state index in [2.05, 4.69) is 39.2 Å². The van der Waals surface area contributed by atoms with Crippen molar-refractivity contribution in [2.75, 3.05) is 5.75 Å². The number of aromatic hydroxyl groups is 3. The van der Waals surface area contributed by atoms with Crippen LogP contribution in [-0.2, 0) is 54.5 Å². The largest absolute Gasteiger partial charge is 0.508 e. The number of hydrogen-bond acceptors (Lipinski definition) is 11. The number of benzene rings is 4. The molecule has 0 aromatic heterocycles. The first kappa shape index (κ1) is 48.1. The third kappa shape index (κ3) is 14.8. The molecule has 0 aliphatic rings. The van der Waals surface area contributed by atoms with Gasteiger partial charge in [0, 0.05) is 31.4 Å². The molecule has 4 rings (SSSR count). The lowest BCUT2D eigenvalue weighted by molar-refractivity contribution is -0.142. The summed E-state index contributed by atoms with van der Waals surface area (Å²) in [6.45, 7) is 3.67. The zero-order valence-corrected chi connectivity index (χ0v) is 35.3. The van der Waals surface area contributed by atoms with Gasteiger partial charge in [0.15, 0.2) is 0 Å². The fourth-order valence-electron chi connectivity index (χ4n) is 6.34. The molecular formula is C45H54N6O10S. The predicted molar refractivity (Wildman–Crippen MR) is 234 cm³/mol. The van der Waals surface area contributed by atoms with Crippen molar-refractivity contribution in [3.63, 3.8) is 0 Å². The summed E-state index contributed by atoms with van der Waals surface area (Å²) in [4.78, 5) is 81.5. The van der Waals surface area contributed by atoms with E-state index < -0.39 is 71.8 Å². The predicted octanol–water partition coefficient (Wildman–Crippen LogP) is 1.89. The van der Waals surface area contributed by atoms with Crippen LogP contribution in [0.2, 0.25) is 0 Å². The standard InChI is InChI=1S/C45H54N6O10S/c1-3-26(2)39(46)44(59)49-36(23-30-13-19-33(54)20-14-30)42(57)51-38(25-62)43(58)48-34(21-28-9-15-31(52)16-10-28)40(55)47-35(22-29-11-17-32(53)18-12-29)41(56)50-37(45(60)61)24-27-7-5-4-6-8-27/h4-20,26,34-39,52-54,62H,3,21-25,46H2,1-2H3,(H,47,55)(H,48,58)(H,49,59)(H,50,56)(H,51,57)(H,60,61)/t26-,34-,35-,36-,37-,38-,39-/m0/s1. The second-order valence-electron chi connectivity index (χ2n) is 15.0. The zero-order valence-electron chi connectivity index (χ0n) is 34.4. The van der Waals surface area contributed by atoms with Gasteiger partial charge in [-0.3, -0.25) is 24.0 Å². The molecule has 7 atom stereocenters. The van der Waals surface area contributed by atoms with Gasteiger partial charge in [-0.15, -0.1) is 0 Å².